The first-order chi connectivity index (χ1) is 11.0. The summed E-state index contributed by atoms with van der Waals surface area (Å²) in [5, 5.41) is 9.95. The Morgan fingerprint density at radius 1 is 1.48 bits per heavy atom. The maximum atomic E-state index is 12.9. The molecule has 0 unspecified atom stereocenters. The van der Waals surface area contributed by atoms with Crippen molar-refractivity contribution in [2.24, 2.45) is 11.1 Å². The number of hydrogen-bond acceptors (Lipinski definition) is 4. The molecule has 1 aliphatic heterocycles. The van der Waals surface area contributed by atoms with E-state index >= 15 is 0 Å². The summed E-state index contributed by atoms with van der Waals surface area (Å²) in [6.45, 7) is 3.86. The van der Waals surface area contributed by atoms with Gasteiger partial charge in [-0.15, -0.1) is 0 Å². The van der Waals surface area contributed by atoms with Gasteiger partial charge in [0.05, 0.1) is 6.10 Å². The van der Waals surface area contributed by atoms with Crippen LogP contribution in [0.2, 0.25) is 0 Å². The molecular formula is C18H26N2O3. The molecule has 0 aromatic heterocycles. The molecule has 0 bridgehead atoms. The zero-order chi connectivity index (χ0) is 16.4. The number of nitrogens with two attached hydrogens (primary N) is 1. The van der Waals surface area contributed by atoms with Gasteiger partial charge in [-0.3, -0.25) is 4.79 Å². The second kappa shape index (κ2) is 6.49. The van der Waals surface area contributed by atoms with E-state index in [1.165, 1.54) is 0 Å². The van der Waals surface area contributed by atoms with Crippen LogP contribution in [0.1, 0.15) is 43.0 Å². The van der Waals surface area contributed by atoms with Crippen molar-refractivity contribution in [1.82, 2.24) is 4.90 Å². The molecule has 1 saturated heterocycles. The van der Waals surface area contributed by atoms with Crippen LogP contribution in [0.5, 0.6) is 5.75 Å². The van der Waals surface area contributed by atoms with Gasteiger partial charge in [-0.05, 0) is 49.3 Å². The molecule has 2 aliphatic rings. The van der Waals surface area contributed by atoms with E-state index in [0.717, 1.165) is 32.2 Å². The second-order valence-electron chi connectivity index (χ2n) is 7.02. The Balaban J connectivity index is 1.76. The van der Waals surface area contributed by atoms with Crippen LogP contribution in [0.3, 0.4) is 0 Å². The van der Waals surface area contributed by atoms with Crippen LogP contribution in [-0.2, 0) is 0 Å². The summed E-state index contributed by atoms with van der Waals surface area (Å²) in [6, 6.07) is 7.55. The van der Waals surface area contributed by atoms with E-state index in [4.69, 9.17) is 10.5 Å². The maximum absolute atomic E-state index is 12.9. The molecule has 1 aromatic rings. The molecule has 2 fully saturated rings. The molecule has 3 rings (SSSR count). The molecule has 126 valence electrons. The zero-order valence-corrected chi connectivity index (χ0v) is 13.7. The van der Waals surface area contributed by atoms with Crippen molar-refractivity contribution in [1.29, 1.82) is 0 Å². The van der Waals surface area contributed by atoms with Crippen LogP contribution >= 0.6 is 0 Å². The lowest BCUT2D eigenvalue weighted by Gasteiger charge is -2.41. The summed E-state index contributed by atoms with van der Waals surface area (Å²) in [5.74, 6) is 0.746. The van der Waals surface area contributed by atoms with Gasteiger partial charge in [0.1, 0.15) is 12.4 Å². The molecule has 1 aromatic carbocycles. The van der Waals surface area contributed by atoms with Crippen LogP contribution < -0.4 is 10.5 Å². The number of aliphatic hydroxyl groups is 1. The number of aliphatic hydroxyl groups excluding tert-OH is 1. The minimum atomic E-state index is -0.223. The first-order valence-corrected chi connectivity index (χ1v) is 8.45. The molecule has 0 radical (unpaired) electrons. The number of benzene rings is 1. The van der Waals surface area contributed by atoms with E-state index in [9.17, 15) is 9.90 Å². The lowest BCUT2D eigenvalue weighted by molar-refractivity contribution is 0.0211. The summed E-state index contributed by atoms with van der Waals surface area (Å²) >= 11 is 0. The largest absolute Gasteiger partial charge is 0.492 e. The average molecular weight is 318 g/mol. The summed E-state index contributed by atoms with van der Waals surface area (Å²) in [7, 11) is 0. The molecule has 5 nitrogen and oxygen atoms in total. The molecular weight excluding hydrogens is 292 g/mol. The second-order valence-corrected chi connectivity index (χ2v) is 7.02. The van der Waals surface area contributed by atoms with Crippen molar-refractivity contribution in [3.63, 3.8) is 0 Å². The molecule has 5 heteroatoms. The molecule has 1 amide bonds. The predicted octanol–water partition coefficient (Wildman–Crippen LogP) is 1.79. The van der Waals surface area contributed by atoms with Gasteiger partial charge in [0.2, 0.25) is 0 Å². The summed E-state index contributed by atoms with van der Waals surface area (Å²) in [6.07, 6.45) is 3.20. The number of carbonyl (C=O) groups is 1. The van der Waals surface area contributed by atoms with E-state index in [0.29, 0.717) is 24.5 Å². The molecule has 1 heterocycles. The van der Waals surface area contributed by atoms with Crippen molar-refractivity contribution in [2.75, 3.05) is 19.7 Å². The van der Waals surface area contributed by atoms with E-state index in [1.54, 1.807) is 6.07 Å². The normalized spacial score (nSPS) is 30.1. The SMILES string of the molecule is C[C@@]12CCN(C(=O)c3cccc(OCCN)c3)[C@@H]1CC[C@@H](O)C2. The van der Waals surface area contributed by atoms with Gasteiger partial charge in [-0.25, -0.2) is 0 Å². The first-order valence-electron chi connectivity index (χ1n) is 8.45. The third-order valence-electron chi connectivity index (χ3n) is 5.31. The number of carbonyl (C=O) groups excluding carboxylic acids is 1. The first kappa shape index (κ1) is 16.3. The summed E-state index contributed by atoms with van der Waals surface area (Å²) < 4.78 is 5.52. The minimum Gasteiger partial charge on any atom is -0.492 e. The fraction of sp³-hybridized carbons (Fsp3) is 0.611. The van der Waals surface area contributed by atoms with E-state index in [2.05, 4.69) is 6.92 Å². The number of likely N-dealkylation sites (tertiary alicyclic amines) is 1. The van der Waals surface area contributed by atoms with Gasteiger partial charge >= 0.3 is 0 Å². The smallest absolute Gasteiger partial charge is 0.254 e. The van der Waals surface area contributed by atoms with Crippen LogP contribution in [-0.4, -0.2) is 47.8 Å². The van der Waals surface area contributed by atoms with Gasteiger partial charge in [-0.1, -0.05) is 13.0 Å². The number of amides is 1. The van der Waals surface area contributed by atoms with Gasteiger partial charge in [-0.2, -0.15) is 0 Å². The van der Waals surface area contributed by atoms with Gasteiger partial charge < -0.3 is 20.5 Å². The van der Waals surface area contributed by atoms with Crippen LogP contribution in [0.15, 0.2) is 24.3 Å². The average Bonchev–Trinajstić information content (AvgIpc) is 2.88. The highest BCUT2D eigenvalue weighted by Crippen LogP contribution is 2.47. The highest BCUT2D eigenvalue weighted by Gasteiger charge is 2.48. The Labute approximate surface area is 137 Å². The fourth-order valence-electron chi connectivity index (χ4n) is 4.11. The number of rotatable bonds is 4. The number of ether oxygens (including phenoxy) is 1. The summed E-state index contributed by atoms with van der Waals surface area (Å²) in [5.41, 5.74) is 6.16. The van der Waals surface area contributed by atoms with Crippen LogP contribution in [0.4, 0.5) is 0 Å². The van der Waals surface area contributed by atoms with Crippen LogP contribution in [0, 0.1) is 5.41 Å². The Bertz CT molecular complexity index is 577. The van der Waals surface area contributed by atoms with Crippen molar-refractivity contribution < 1.29 is 14.6 Å². The van der Waals surface area contributed by atoms with Gasteiger partial charge in [0.25, 0.3) is 5.91 Å². The molecule has 0 spiro atoms. The lowest BCUT2D eigenvalue weighted by Crippen LogP contribution is -2.46. The van der Waals surface area contributed by atoms with Crippen molar-refractivity contribution in [3.05, 3.63) is 29.8 Å². The minimum absolute atomic E-state index is 0.0426. The van der Waals surface area contributed by atoms with Crippen LogP contribution in [0.25, 0.3) is 0 Å². The highest BCUT2D eigenvalue weighted by atomic mass is 16.5. The number of fused-ring (bicyclic) bond motifs is 1. The maximum Gasteiger partial charge on any atom is 0.254 e. The standard InChI is InChI=1S/C18H26N2O3/c1-18-7-9-20(16(18)6-5-14(21)12-18)17(22)13-3-2-4-15(11-13)23-10-8-19/h2-4,11,14,16,21H,5-10,12,19H2,1H3/t14-,16-,18+/m1/s1. The van der Waals surface area contributed by atoms with Crippen molar-refractivity contribution in [2.45, 2.75) is 44.8 Å². The summed E-state index contributed by atoms with van der Waals surface area (Å²) in [4.78, 5) is 14.9. The van der Waals surface area contributed by atoms with E-state index < -0.39 is 0 Å². The highest BCUT2D eigenvalue weighted by molar-refractivity contribution is 5.95. The topological polar surface area (TPSA) is 75.8 Å². The van der Waals surface area contributed by atoms with E-state index in [1.807, 2.05) is 23.1 Å². The zero-order valence-electron chi connectivity index (χ0n) is 13.7. The quantitative estimate of drug-likeness (QED) is 0.887. The van der Waals surface area contributed by atoms with Crippen molar-refractivity contribution >= 4 is 5.91 Å². The lowest BCUT2D eigenvalue weighted by atomic mass is 9.71. The van der Waals surface area contributed by atoms with Gasteiger partial charge in [0.15, 0.2) is 0 Å². The molecule has 3 atom stereocenters. The Morgan fingerprint density at radius 3 is 3.09 bits per heavy atom. The molecule has 3 N–H and O–H groups in total. The predicted molar refractivity (Wildman–Crippen MR) is 88.4 cm³/mol. The monoisotopic (exact) mass is 318 g/mol. The fourth-order valence-corrected chi connectivity index (χ4v) is 4.11. The Kier molecular flexibility index (Phi) is 4.60. The number of nitrogens with zero attached hydrogens (tertiary/aromatic N) is 1. The third kappa shape index (κ3) is 3.21. The molecule has 1 aliphatic carbocycles. The molecule has 1 saturated carbocycles. The van der Waals surface area contributed by atoms with Crippen molar-refractivity contribution in [3.8, 4) is 5.75 Å². The third-order valence-corrected chi connectivity index (χ3v) is 5.31. The van der Waals surface area contributed by atoms with E-state index in [-0.39, 0.29) is 23.5 Å². The number of hydrogen-bond donors (Lipinski definition) is 2. The van der Waals surface area contributed by atoms with Gasteiger partial charge in [0, 0.05) is 24.7 Å². The Morgan fingerprint density at radius 2 is 2.30 bits per heavy atom. The Hall–Kier alpha value is -1.59. The molecule has 23 heavy (non-hydrogen) atoms.